The summed E-state index contributed by atoms with van der Waals surface area (Å²) in [6.07, 6.45) is 1.54. The second-order valence-corrected chi connectivity index (χ2v) is 4.81. The molecule has 3 aromatic rings. The summed E-state index contributed by atoms with van der Waals surface area (Å²) in [5.74, 6) is -1.26. The van der Waals surface area contributed by atoms with Crippen molar-refractivity contribution in [1.82, 2.24) is 20.4 Å². The summed E-state index contributed by atoms with van der Waals surface area (Å²) in [4.78, 5) is 0. The van der Waals surface area contributed by atoms with Gasteiger partial charge in [-0.25, -0.2) is 4.39 Å². The summed E-state index contributed by atoms with van der Waals surface area (Å²) in [5.41, 5.74) is 1.13. The number of H-pyrrole nitrogens is 1. The molecule has 2 aromatic heterocycles. The van der Waals surface area contributed by atoms with Gasteiger partial charge in [-0.2, -0.15) is 10.2 Å². The van der Waals surface area contributed by atoms with E-state index in [1.165, 1.54) is 18.3 Å². The molecular weight excluding hydrogens is 331 g/mol. The standard InChI is InChI=1S/C12H8BrFN4O2/c13-7-1-2-9(11(19)10(7)14)20-5-8-6-3-4-15-17-12(6)18-16-8/h1-4,19H,5H2,(H,16,17,18). The highest BCUT2D eigenvalue weighted by atomic mass is 79.9. The average molecular weight is 339 g/mol. The van der Waals surface area contributed by atoms with E-state index in [2.05, 4.69) is 36.3 Å². The number of aromatic hydroxyl groups is 1. The molecule has 2 heterocycles. The van der Waals surface area contributed by atoms with Crippen LogP contribution in [0.3, 0.4) is 0 Å². The molecule has 0 saturated heterocycles. The summed E-state index contributed by atoms with van der Waals surface area (Å²) < 4.78 is 19.0. The predicted molar refractivity (Wildman–Crippen MR) is 71.8 cm³/mol. The molecule has 8 heteroatoms. The molecule has 0 spiro atoms. The van der Waals surface area contributed by atoms with Crippen molar-refractivity contribution in [1.29, 1.82) is 0 Å². The first-order valence-corrected chi connectivity index (χ1v) is 6.40. The molecule has 20 heavy (non-hydrogen) atoms. The third-order valence-electron chi connectivity index (χ3n) is 2.72. The van der Waals surface area contributed by atoms with Crippen molar-refractivity contribution in [2.24, 2.45) is 0 Å². The van der Waals surface area contributed by atoms with Gasteiger partial charge >= 0.3 is 0 Å². The molecule has 0 bridgehead atoms. The Balaban J connectivity index is 1.85. The van der Waals surface area contributed by atoms with Crippen LogP contribution < -0.4 is 4.74 Å². The molecule has 0 saturated carbocycles. The molecular formula is C12H8BrFN4O2. The fourth-order valence-electron chi connectivity index (χ4n) is 1.72. The first-order chi connectivity index (χ1) is 9.66. The number of benzene rings is 1. The number of nitrogens with one attached hydrogen (secondary N) is 1. The molecule has 0 radical (unpaired) electrons. The first-order valence-electron chi connectivity index (χ1n) is 5.61. The number of hydrogen-bond acceptors (Lipinski definition) is 5. The summed E-state index contributed by atoms with van der Waals surface area (Å²) in [6.45, 7) is 0.0698. The Labute approximate surface area is 120 Å². The van der Waals surface area contributed by atoms with Gasteiger partial charge in [-0.1, -0.05) is 0 Å². The largest absolute Gasteiger partial charge is 0.502 e. The Kier molecular flexibility index (Phi) is 3.23. The Bertz CT molecular complexity index is 777. The lowest BCUT2D eigenvalue weighted by Gasteiger charge is -2.08. The van der Waals surface area contributed by atoms with Crippen LogP contribution in [0.4, 0.5) is 4.39 Å². The fourth-order valence-corrected chi connectivity index (χ4v) is 2.04. The van der Waals surface area contributed by atoms with Crippen molar-refractivity contribution >= 4 is 27.0 Å². The quantitative estimate of drug-likeness (QED) is 0.766. The first kappa shape index (κ1) is 12.8. The number of aromatic amines is 1. The Morgan fingerprint density at radius 1 is 1.35 bits per heavy atom. The number of ether oxygens (including phenoxy) is 1. The third kappa shape index (κ3) is 2.18. The van der Waals surface area contributed by atoms with Crippen LogP contribution in [0.25, 0.3) is 11.0 Å². The summed E-state index contributed by atoms with van der Waals surface area (Å²) in [5, 5.41) is 24.7. The van der Waals surface area contributed by atoms with Gasteiger partial charge in [0.2, 0.25) is 0 Å². The lowest BCUT2D eigenvalue weighted by molar-refractivity contribution is 0.280. The number of nitrogens with zero attached hydrogens (tertiary/aromatic N) is 3. The highest BCUT2D eigenvalue weighted by Gasteiger charge is 2.13. The van der Waals surface area contributed by atoms with Crippen LogP contribution in [-0.4, -0.2) is 25.5 Å². The third-order valence-corrected chi connectivity index (χ3v) is 3.34. The maximum Gasteiger partial charge on any atom is 0.195 e. The van der Waals surface area contributed by atoms with Gasteiger partial charge in [0.05, 0.1) is 10.7 Å². The smallest absolute Gasteiger partial charge is 0.195 e. The molecule has 0 fully saturated rings. The van der Waals surface area contributed by atoms with Gasteiger partial charge in [0.25, 0.3) is 0 Å². The second-order valence-electron chi connectivity index (χ2n) is 3.96. The number of phenolic OH excluding ortho intramolecular Hbond substituents is 1. The van der Waals surface area contributed by atoms with Gasteiger partial charge in [0, 0.05) is 5.39 Å². The van der Waals surface area contributed by atoms with E-state index >= 15 is 0 Å². The maximum absolute atomic E-state index is 13.5. The molecule has 0 aliphatic rings. The van der Waals surface area contributed by atoms with Crippen LogP contribution in [0.2, 0.25) is 0 Å². The van der Waals surface area contributed by atoms with E-state index in [-0.39, 0.29) is 16.8 Å². The topological polar surface area (TPSA) is 83.9 Å². The van der Waals surface area contributed by atoms with Crippen molar-refractivity contribution in [2.75, 3.05) is 0 Å². The Hall–Kier alpha value is -2.22. The number of rotatable bonds is 3. The molecule has 6 nitrogen and oxygen atoms in total. The number of hydrogen-bond donors (Lipinski definition) is 2. The van der Waals surface area contributed by atoms with Crippen molar-refractivity contribution < 1.29 is 14.2 Å². The van der Waals surface area contributed by atoms with Crippen LogP contribution in [0, 0.1) is 5.82 Å². The van der Waals surface area contributed by atoms with Gasteiger partial charge in [-0.3, -0.25) is 5.10 Å². The van der Waals surface area contributed by atoms with Crippen LogP contribution >= 0.6 is 15.9 Å². The lowest BCUT2D eigenvalue weighted by atomic mass is 10.3. The molecule has 3 rings (SSSR count). The molecule has 0 atom stereocenters. The van der Waals surface area contributed by atoms with E-state index < -0.39 is 11.6 Å². The highest BCUT2D eigenvalue weighted by molar-refractivity contribution is 9.10. The normalized spacial score (nSPS) is 10.9. The average Bonchev–Trinajstić information content (AvgIpc) is 2.87. The highest BCUT2D eigenvalue weighted by Crippen LogP contribution is 2.34. The van der Waals surface area contributed by atoms with Crippen LogP contribution in [0.1, 0.15) is 5.69 Å². The van der Waals surface area contributed by atoms with E-state index in [1.807, 2.05) is 0 Å². The molecule has 0 aliphatic heterocycles. The SMILES string of the molecule is Oc1c(OCc2n[nH]c3nnccc23)ccc(Br)c1F. The van der Waals surface area contributed by atoms with Gasteiger partial charge in [-0.05, 0) is 34.1 Å². The summed E-state index contributed by atoms with van der Waals surface area (Å²) in [7, 11) is 0. The minimum Gasteiger partial charge on any atom is -0.502 e. The van der Waals surface area contributed by atoms with E-state index in [0.717, 1.165) is 5.39 Å². The molecule has 0 amide bonds. The van der Waals surface area contributed by atoms with E-state index in [9.17, 15) is 9.50 Å². The monoisotopic (exact) mass is 338 g/mol. The summed E-state index contributed by atoms with van der Waals surface area (Å²) >= 11 is 2.98. The molecule has 0 unspecified atom stereocenters. The molecule has 1 aromatic carbocycles. The van der Waals surface area contributed by atoms with Crippen LogP contribution in [0.15, 0.2) is 28.9 Å². The number of phenols is 1. The van der Waals surface area contributed by atoms with Crippen molar-refractivity contribution in [3.8, 4) is 11.5 Å². The molecule has 2 N–H and O–H groups in total. The summed E-state index contributed by atoms with van der Waals surface area (Å²) in [6, 6.07) is 4.67. The van der Waals surface area contributed by atoms with Crippen molar-refractivity contribution in [2.45, 2.75) is 6.61 Å². The molecule has 0 aliphatic carbocycles. The minimum atomic E-state index is -0.764. The van der Waals surface area contributed by atoms with Gasteiger partial charge in [0.1, 0.15) is 12.3 Å². The van der Waals surface area contributed by atoms with E-state index in [1.54, 1.807) is 6.07 Å². The zero-order valence-electron chi connectivity index (χ0n) is 9.97. The van der Waals surface area contributed by atoms with Gasteiger partial charge in [-0.15, -0.1) is 5.10 Å². The molecule has 102 valence electrons. The minimum absolute atomic E-state index is 0.0452. The van der Waals surface area contributed by atoms with Crippen LogP contribution in [-0.2, 0) is 6.61 Å². The van der Waals surface area contributed by atoms with E-state index in [4.69, 9.17) is 4.74 Å². The van der Waals surface area contributed by atoms with Gasteiger partial charge in [0.15, 0.2) is 23.0 Å². The number of aromatic nitrogens is 4. The van der Waals surface area contributed by atoms with Crippen LogP contribution in [0.5, 0.6) is 11.5 Å². The zero-order valence-corrected chi connectivity index (χ0v) is 11.6. The van der Waals surface area contributed by atoms with Crippen molar-refractivity contribution in [3.05, 3.63) is 40.4 Å². The number of fused-ring (bicyclic) bond motifs is 1. The Morgan fingerprint density at radius 2 is 2.20 bits per heavy atom. The fraction of sp³-hybridized carbons (Fsp3) is 0.0833. The lowest BCUT2D eigenvalue weighted by Crippen LogP contribution is -1.97. The zero-order chi connectivity index (χ0) is 14.1. The maximum atomic E-state index is 13.5. The second kappa shape index (κ2) is 5.04. The van der Waals surface area contributed by atoms with Crippen molar-refractivity contribution in [3.63, 3.8) is 0 Å². The predicted octanol–water partition coefficient (Wildman–Crippen LogP) is 2.54. The van der Waals surface area contributed by atoms with Gasteiger partial charge < -0.3 is 9.84 Å². The van der Waals surface area contributed by atoms with E-state index in [0.29, 0.717) is 11.3 Å². The Morgan fingerprint density at radius 3 is 3.05 bits per heavy atom. The number of halogens is 2.